The Balaban J connectivity index is 4.11. The zero-order chi connectivity index (χ0) is 45.5. The Morgan fingerprint density at radius 1 is 0.516 bits per heavy atom. The van der Waals surface area contributed by atoms with E-state index in [1.807, 2.05) is 0 Å². The minimum Gasteiger partial charge on any atom is -0.480 e. The van der Waals surface area contributed by atoms with E-state index in [0.717, 1.165) is 44.9 Å². The molecule has 0 heterocycles. The normalized spacial score (nSPS) is 13.9. The molecule has 0 fully saturated rings. The van der Waals surface area contributed by atoms with E-state index in [-0.39, 0.29) is 13.0 Å². The number of esters is 1. The highest BCUT2D eigenvalue weighted by Gasteiger charge is 2.27. The number of ether oxygens (including phenoxy) is 2. The average molecular weight is 900 g/mol. The molecular weight excluding hydrogens is 802 g/mol. The van der Waals surface area contributed by atoms with Crippen LogP contribution in [0.5, 0.6) is 0 Å². The number of carbonyl (C=O) groups excluding carboxylic acids is 1. The van der Waals surface area contributed by atoms with Gasteiger partial charge in [0.05, 0.1) is 19.8 Å². The van der Waals surface area contributed by atoms with E-state index in [0.29, 0.717) is 6.61 Å². The van der Waals surface area contributed by atoms with E-state index in [2.05, 4.69) is 38.2 Å². The van der Waals surface area contributed by atoms with Crippen molar-refractivity contribution in [3.63, 3.8) is 0 Å². The van der Waals surface area contributed by atoms with Gasteiger partial charge in [-0.25, -0.2) is 4.57 Å². The zero-order valence-electron chi connectivity index (χ0n) is 40.2. The number of hydrogen-bond donors (Lipinski definition) is 3. The quantitative estimate of drug-likeness (QED) is 0.0233. The standard InChI is InChI=1S/C51H98NO9P/c1-3-5-7-9-11-13-15-17-19-21-23-25-27-29-31-33-35-37-39-41-43-50(53)61-48(46-59-62(56,57)60-47-49(52)51(54)55)45-58-44-42-40-38-36-34-32-30-28-26-24-22-20-18-16-14-12-10-8-6-4-2/h12,14,18,20,48-49H,3-11,13,15-17,19,21-47,52H2,1-2H3,(H,54,55)(H,56,57)/b14-12-,20-18-. The number of unbranched alkanes of at least 4 members (excludes halogenated alkanes) is 32. The Bertz CT molecular complexity index is 1090. The van der Waals surface area contributed by atoms with Gasteiger partial charge in [0.15, 0.2) is 0 Å². The summed E-state index contributed by atoms with van der Waals surface area (Å²) >= 11 is 0. The molecular formula is C51H98NO9P. The van der Waals surface area contributed by atoms with E-state index in [4.69, 9.17) is 29.4 Å². The lowest BCUT2D eigenvalue weighted by Crippen LogP contribution is -2.34. The fourth-order valence-corrected chi connectivity index (χ4v) is 8.24. The Morgan fingerprint density at radius 2 is 0.887 bits per heavy atom. The van der Waals surface area contributed by atoms with Crippen LogP contribution in [-0.4, -0.2) is 60.5 Å². The number of nitrogens with two attached hydrogens (primary N) is 1. The molecule has 0 amide bonds. The SMILES string of the molecule is CCCCC/C=C\C/C=C\CCCCCCCCCCCCOCC(COP(=O)(O)OCC(N)C(=O)O)OC(=O)CCCCCCCCCCCCCCCCCCCCCC. The fraction of sp³-hybridized carbons (Fsp3) is 0.882. The lowest BCUT2D eigenvalue weighted by Gasteiger charge is -2.20. The maximum absolute atomic E-state index is 12.7. The first-order valence-electron chi connectivity index (χ1n) is 25.9. The van der Waals surface area contributed by atoms with Gasteiger partial charge in [0.2, 0.25) is 0 Å². The van der Waals surface area contributed by atoms with Crippen molar-refractivity contribution in [2.24, 2.45) is 5.73 Å². The van der Waals surface area contributed by atoms with Crippen LogP contribution in [0.25, 0.3) is 0 Å². The summed E-state index contributed by atoms with van der Waals surface area (Å²) in [5.41, 5.74) is 5.38. The van der Waals surface area contributed by atoms with Crippen LogP contribution in [0, 0.1) is 0 Å². The molecule has 3 unspecified atom stereocenters. The average Bonchev–Trinajstić information content (AvgIpc) is 3.25. The molecule has 0 rings (SSSR count). The smallest absolute Gasteiger partial charge is 0.472 e. The summed E-state index contributed by atoms with van der Waals surface area (Å²) in [6.45, 7) is 3.90. The number of carboxylic acids is 1. The molecule has 0 saturated carbocycles. The summed E-state index contributed by atoms with van der Waals surface area (Å²) in [5, 5.41) is 8.93. The molecule has 11 heteroatoms. The number of phosphoric ester groups is 1. The largest absolute Gasteiger partial charge is 0.480 e. The summed E-state index contributed by atoms with van der Waals surface area (Å²) < 4.78 is 33.5. The van der Waals surface area contributed by atoms with E-state index in [1.54, 1.807) is 0 Å². The molecule has 0 aliphatic rings. The van der Waals surface area contributed by atoms with E-state index in [1.165, 1.54) is 186 Å². The minimum atomic E-state index is -4.62. The fourth-order valence-electron chi connectivity index (χ4n) is 7.46. The first-order chi connectivity index (χ1) is 30.2. The third-order valence-corrected chi connectivity index (χ3v) is 12.4. The summed E-state index contributed by atoms with van der Waals surface area (Å²) in [6.07, 6.45) is 53.7. The Morgan fingerprint density at radius 3 is 1.34 bits per heavy atom. The van der Waals surface area contributed by atoms with Gasteiger partial charge in [-0.2, -0.15) is 0 Å². The van der Waals surface area contributed by atoms with E-state index >= 15 is 0 Å². The van der Waals surface area contributed by atoms with Crippen molar-refractivity contribution in [3.8, 4) is 0 Å². The first-order valence-corrected chi connectivity index (χ1v) is 27.4. The third kappa shape index (κ3) is 46.4. The van der Waals surface area contributed by atoms with Crippen LogP contribution in [0.15, 0.2) is 24.3 Å². The summed E-state index contributed by atoms with van der Waals surface area (Å²) in [7, 11) is -4.62. The van der Waals surface area contributed by atoms with Gasteiger partial charge in [-0.1, -0.05) is 224 Å². The Hall–Kier alpha value is -1.55. The highest BCUT2D eigenvalue weighted by atomic mass is 31.2. The number of aliphatic carboxylic acids is 1. The van der Waals surface area contributed by atoms with Crippen molar-refractivity contribution in [3.05, 3.63) is 24.3 Å². The maximum Gasteiger partial charge on any atom is 0.472 e. The van der Waals surface area contributed by atoms with Crippen LogP contribution >= 0.6 is 7.82 Å². The van der Waals surface area contributed by atoms with Gasteiger partial charge < -0.3 is 25.2 Å². The number of carboxylic acid groups (broad SMARTS) is 1. The minimum absolute atomic E-state index is 0.0194. The lowest BCUT2D eigenvalue weighted by atomic mass is 10.0. The predicted molar refractivity (Wildman–Crippen MR) is 258 cm³/mol. The zero-order valence-corrected chi connectivity index (χ0v) is 41.1. The molecule has 4 N–H and O–H groups in total. The van der Waals surface area contributed by atoms with E-state index in [9.17, 15) is 19.0 Å². The highest BCUT2D eigenvalue weighted by molar-refractivity contribution is 7.47. The summed E-state index contributed by atoms with van der Waals surface area (Å²) in [6, 6.07) is -1.47. The Labute approximate surface area is 381 Å². The van der Waals surface area contributed by atoms with Crippen LogP contribution in [0.1, 0.15) is 251 Å². The second-order valence-corrected chi connectivity index (χ2v) is 19.1. The molecule has 10 nitrogen and oxygen atoms in total. The van der Waals surface area contributed by atoms with Crippen LogP contribution in [0.4, 0.5) is 0 Å². The maximum atomic E-state index is 12.7. The molecule has 0 aliphatic carbocycles. The predicted octanol–water partition coefficient (Wildman–Crippen LogP) is 15.0. The molecule has 0 aromatic carbocycles. The van der Waals surface area contributed by atoms with Gasteiger partial charge in [-0.3, -0.25) is 18.6 Å². The van der Waals surface area contributed by atoms with Crippen LogP contribution < -0.4 is 5.73 Å². The van der Waals surface area contributed by atoms with Crippen molar-refractivity contribution in [1.29, 1.82) is 0 Å². The molecule has 0 radical (unpaired) electrons. The monoisotopic (exact) mass is 900 g/mol. The highest BCUT2D eigenvalue weighted by Crippen LogP contribution is 2.43. The molecule has 3 atom stereocenters. The molecule has 62 heavy (non-hydrogen) atoms. The number of hydrogen-bond acceptors (Lipinski definition) is 8. The molecule has 0 aromatic rings. The van der Waals surface area contributed by atoms with Crippen LogP contribution in [-0.2, 0) is 32.7 Å². The first kappa shape index (κ1) is 60.5. The number of allylic oxidation sites excluding steroid dienone is 4. The molecule has 0 saturated heterocycles. The van der Waals surface area contributed by atoms with Gasteiger partial charge in [0.1, 0.15) is 12.1 Å². The van der Waals surface area contributed by atoms with Gasteiger partial charge in [0.25, 0.3) is 0 Å². The van der Waals surface area contributed by atoms with Crippen molar-refractivity contribution in [2.45, 2.75) is 264 Å². The molecule has 0 aromatic heterocycles. The summed E-state index contributed by atoms with van der Waals surface area (Å²) in [4.78, 5) is 33.7. The number of rotatable bonds is 50. The van der Waals surface area contributed by atoms with Gasteiger partial charge >= 0.3 is 19.8 Å². The van der Waals surface area contributed by atoms with Crippen LogP contribution in [0.2, 0.25) is 0 Å². The van der Waals surface area contributed by atoms with Crippen molar-refractivity contribution >= 4 is 19.8 Å². The Kier molecular flexibility index (Phi) is 46.2. The molecule has 0 aliphatic heterocycles. The molecule has 0 spiro atoms. The molecule has 366 valence electrons. The van der Waals surface area contributed by atoms with Crippen molar-refractivity contribution < 1.29 is 42.7 Å². The van der Waals surface area contributed by atoms with Crippen LogP contribution in [0.3, 0.4) is 0 Å². The van der Waals surface area contributed by atoms with Gasteiger partial charge in [0, 0.05) is 13.0 Å². The number of carbonyl (C=O) groups is 2. The topological polar surface area (TPSA) is 155 Å². The van der Waals surface area contributed by atoms with Gasteiger partial charge in [-0.15, -0.1) is 0 Å². The number of phosphoric acid groups is 1. The summed E-state index contributed by atoms with van der Waals surface area (Å²) in [5.74, 6) is -1.77. The van der Waals surface area contributed by atoms with E-state index < -0.39 is 45.1 Å². The van der Waals surface area contributed by atoms with Gasteiger partial charge in [-0.05, 0) is 44.9 Å². The second kappa shape index (κ2) is 47.4. The second-order valence-electron chi connectivity index (χ2n) is 17.7. The molecule has 0 bridgehead atoms. The lowest BCUT2D eigenvalue weighted by molar-refractivity contribution is -0.154. The van der Waals surface area contributed by atoms with Crippen molar-refractivity contribution in [2.75, 3.05) is 26.4 Å². The third-order valence-electron chi connectivity index (χ3n) is 11.5. The van der Waals surface area contributed by atoms with Crippen molar-refractivity contribution in [1.82, 2.24) is 0 Å².